The quantitative estimate of drug-likeness (QED) is 0.843. The van der Waals surface area contributed by atoms with E-state index in [1.165, 1.54) is 11.3 Å². The first kappa shape index (κ1) is 11.5. The molecule has 2 aromatic rings. The zero-order valence-corrected chi connectivity index (χ0v) is 9.91. The number of pyridine rings is 1. The van der Waals surface area contributed by atoms with Crippen molar-refractivity contribution in [1.29, 1.82) is 0 Å². The molecule has 0 spiro atoms. The van der Waals surface area contributed by atoms with Crippen LogP contribution in [0, 0.1) is 0 Å². The molecule has 0 aromatic carbocycles. The molecule has 0 bridgehead atoms. The Morgan fingerprint density at radius 2 is 2.18 bits per heavy atom. The maximum absolute atomic E-state index is 11.8. The number of Topliss-reactive ketones (excluding diaryl/α,β-unsaturated/α-hetero) is 1. The molecule has 0 aliphatic rings. The molecule has 2 rings (SSSR count). The summed E-state index contributed by atoms with van der Waals surface area (Å²) >= 11 is 1.33. The molecule has 4 N–H and O–H groups in total. The van der Waals surface area contributed by atoms with E-state index < -0.39 is 0 Å². The van der Waals surface area contributed by atoms with Crippen LogP contribution in [0.25, 0.3) is 0 Å². The molecular formula is C11H12N4OS. The van der Waals surface area contributed by atoms with Crippen LogP contribution in [0.3, 0.4) is 0 Å². The number of carbonyl (C=O) groups is 1. The number of ketones is 1. The van der Waals surface area contributed by atoms with Gasteiger partial charge in [-0.3, -0.25) is 9.78 Å². The minimum Gasteiger partial charge on any atom is -0.398 e. The number of hydrogen-bond donors (Lipinski definition) is 2. The molecular weight excluding hydrogens is 236 g/mol. The third-order valence-electron chi connectivity index (χ3n) is 2.28. The molecule has 0 fully saturated rings. The van der Waals surface area contributed by atoms with Crippen molar-refractivity contribution in [2.75, 3.05) is 11.5 Å². The summed E-state index contributed by atoms with van der Waals surface area (Å²) in [6.45, 7) is 0. The summed E-state index contributed by atoms with van der Waals surface area (Å²) in [5.74, 6) is 0.0509. The summed E-state index contributed by atoms with van der Waals surface area (Å²) in [7, 11) is 0. The third kappa shape index (κ3) is 3.01. The number of nitrogens with two attached hydrogens (primary N) is 2. The van der Waals surface area contributed by atoms with Crippen LogP contribution < -0.4 is 11.5 Å². The molecule has 0 aliphatic heterocycles. The summed E-state index contributed by atoms with van der Waals surface area (Å²) in [5.41, 5.74) is 13.3. The van der Waals surface area contributed by atoms with Gasteiger partial charge >= 0.3 is 0 Å². The Bertz CT molecular complexity index is 538. The van der Waals surface area contributed by atoms with Gasteiger partial charge in [-0.2, -0.15) is 0 Å². The summed E-state index contributed by atoms with van der Waals surface area (Å²) in [5, 5.41) is 2.27. The highest BCUT2D eigenvalue weighted by atomic mass is 32.1. The van der Waals surface area contributed by atoms with Gasteiger partial charge in [0.1, 0.15) is 5.78 Å². The number of carbonyl (C=O) groups excluding carboxylic acids is 1. The number of rotatable bonds is 4. The molecule has 2 aromatic heterocycles. The zero-order chi connectivity index (χ0) is 12.3. The minimum atomic E-state index is 0.0509. The van der Waals surface area contributed by atoms with Crippen LogP contribution >= 0.6 is 11.3 Å². The third-order valence-corrected chi connectivity index (χ3v) is 3.00. The molecule has 0 unspecified atom stereocenters. The van der Waals surface area contributed by atoms with Crippen molar-refractivity contribution in [3.05, 3.63) is 35.1 Å². The molecule has 0 saturated carbocycles. The Labute approximate surface area is 103 Å². The van der Waals surface area contributed by atoms with E-state index in [-0.39, 0.29) is 18.6 Å². The summed E-state index contributed by atoms with van der Waals surface area (Å²) in [4.78, 5) is 19.8. The van der Waals surface area contributed by atoms with Gasteiger partial charge in [-0.25, -0.2) is 4.98 Å². The second-order valence-corrected chi connectivity index (χ2v) is 4.53. The molecule has 5 nitrogen and oxygen atoms in total. The van der Waals surface area contributed by atoms with Crippen LogP contribution in [-0.4, -0.2) is 15.8 Å². The predicted molar refractivity (Wildman–Crippen MR) is 67.6 cm³/mol. The van der Waals surface area contributed by atoms with E-state index in [0.717, 1.165) is 5.56 Å². The maximum Gasteiger partial charge on any atom is 0.180 e. The van der Waals surface area contributed by atoms with Gasteiger partial charge in [-0.05, 0) is 6.07 Å². The summed E-state index contributed by atoms with van der Waals surface area (Å²) in [6, 6.07) is 1.68. The largest absolute Gasteiger partial charge is 0.398 e. The van der Waals surface area contributed by atoms with Crippen molar-refractivity contribution < 1.29 is 4.79 Å². The lowest BCUT2D eigenvalue weighted by Gasteiger charge is -2.02. The monoisotopic (exact) mass is 248 g/mol. The topological polar surface area (TPSA) is 94.9 Å². The van der Waals surface area contributed by atoms with Crippen molar-refractivity contribution >= 4 is 27.9 Å². The number of anilines is 2. The second-order valence-electron chi connectivity index (χ2n) is 3.64. The highest BCUT2D eigenvalue weighted by Crippen LogP contribution is 2.14. The molecule has 0 aliphatic carbocycles. The van der Waals surface area contributed by atoms with Crippen LogP contribution in [0.1, 0.15) is 11.3 Å². The van der Waals surface area contributed by atoms with Crippen LogP contribution in [0.2, 0.25) is 0 Å². The first-order valence-electron chi connectivity index (χ1n) is 5.05. The van der Waals surface area contributed by atoms with Gasteiger partial charge in [0.15, 0.2) is 5.13 Å². The number of nitrogens with zero attached hydrogens (tertiary/aromatic N) is 2. The average molecular weight is 248 g/mol. The molecule has 0 amide bonds. The normalized spacial score (nSPS) is 10.4. The molecule has 88 valence electrons. The Morgan fingerprint density at radius 1 is 1.35 bits per heavy atom. The van der Waals surface area contributed by atoms with Crippen molar-refractivity contribution in [3.63, 3.8) is 0 Å². The van der Waals surface area contributed by atoms with E-state index in [1.54, 1.807) is 23.8 Å². The number of nitrogen functional groups attached to an aromatic ring is 2. The first-order chi connectivity index (χ1) is 8.15. The lowest BCUT2D eigenvalue weighted by Crippen LogP contribution is -2.09. The van der Waals surface area contributed by atoms with Crippen LogP contribution in [0.4, 0.5) is 10.8 Å². The SMILES string of the molecule is Nc1nc(CC(=O)Cc2cnccc2N)cs1. The Hall–Kier alpha value is -1.95. The van der Waals surface area contributed by atoms with Crippen molar-refractivity contribution in [3.8, 4) is 0 Å². The number of hydrogen-bond acceptors (Lipinski definition) is 6. The van der Waals surface area contributed by atoms with E-state index in [0.29, 0.717) is 16.5 Å². The van der Waals surface area contributed by atoms with Gasteiger partial charge in [0, 0.05) is 41.9 Å². The molecule has 2 heterocycles. The highest BCUT2D eigenvalue weighted by molar-refractivity contribution is 7.13. The fourth-order valence-electron chi connectivity index (χ4n) is 1.47. The Kier molecular flexibility index (Phi) is 3.34. The van der Waals surface area contributed by atoms with E-state index in [9.17, 15) is 4.79 Å². The van der Waals surface area contributed by atoms with E-state index in [4.69, 9.17) is 11.5 Å². The Morgan fingerprint density at radius 3 is 2.82 bits per heavy atom. The molecule has 6 heteroatoms. The number of aromatic nitrogens is 2. The second kappa shape index (κ2) is 4.92. The zero-order valence-electron chi connectivity index (χ0n) is 9.09. The van der Waals surface area contributed by atoms with Gasteiger partial charge < -0.3 is 11.5 Å². The molecule has 0 saturated heterocycles. The fraction of sp³-hybridized carbons (Fsp3) is 0.182. The maximum atomic E-state index is 11.8. The van der Waals surface area contributed by atoms with Gasteiger partial charge in [-0.15, -0.1) is 11.3 Å². The van der Waals surface area contributed by atoms with E-state index >= 15 is 0 Å². The Balaban J connectivity index is 2.01. The van der Waals surface area contributed by atoms with Crippen LogP contribution in [0.15, 0.2) is 23.8 Å². The minimum absolute atomic E-state index is 0.0509. The summed E-state index contributed by atoms with van der Waals surface area (Å²) < 4.78 is 0. The number of thiazole rings is 1. The lowest BCUT2D eigenvalue weighted by molar-refractivity contribution is -0.117. The lowest BCUT2D eigenvalue weighted by atomic mass is 10.1. The predicted octanol–water partition coefficient (Wildman–Crippen LogP) is 1.06. The van der Waals surface area contributed by atoms with Gasteiger partial charge in [0.2, 0.25) is 0 Å². The van der Waals surface area contributed by atoms with Gasteiger partial charge in [0.05, 0.1) is 5.69 Å². The molecule has 0 atom stereocenters. The van der Waals surface area contributed by atoms with Crippen molar-refractivity contribution in [1.82, 2.24) is 9.97 Å². The summed E-state index contributed by atoms with van der Waals surface area (Å²) in [6.07, 6.45) is 3.77. The van der Waals surface area contributed by atoms with Gasteiger partial charge in [-0.1, -0.05) is 0 Å². The smallest absolute Gasteiger partial charge is 0.180 e. The van der Waals surface area contributed by atoms with Crippen LogP contribution in [-0.2, 0) is 17.6 Å². The molecule has 17 heavy (non-hydrogen) atoms. The van der Waals surface area contributed by atoms with Crippen molar-refractivity contribution in [2.45, 2.75) is 12.8 Å². The fourth-order valence-corrected chi connectivity index (χ4v) is 2.03. The van der Waals surface area contributed by atoms with Crippen molar-refractivity contribution in [2.24, 2.45) is 0 Å². The average Bonchev–Trinajstić information content (AvgIpc) is 2.67. The van der Waals surface area contributed by atoms with Gasteiger partial charge in [0.25, 0.3) is 0 Å². The van der Waals surface area contributed by atoms with E-state index in [1.807, 2.05) is 0 Å². The van der Waals surface area contributed by atoms with Crippen LogP contribution in [0.5, 0.6) is 0 Å². The first-order valence-corrected chi connectivity index (χ1v) is 5.93. The van der Waals surface area contributed by atoms with E-state index in [2.05, 4.69) is 9.97 Å². The standard InChI is InChI=1S/C11H12N4OS/c12-10-1-2-14-5-7(10)3-9(16)4-8-6-17-11(13)15-8/h1-2,5-6H,3-4H2,(H2,12,14)(H2,13,15). The highest BCUT2D eigenvalue weighted by Gasteiger charge is 2.09. The molecule has 0 radical (unpaired) electrons.